The first-order valence-corrected chi connectivity index (χ1v) is 10.1. The molecule has 0 bridgehead atoms. The summed E-state index contributed by atoms with van der Waals surface area (Å²) in [7, 11) is 0. The van der Waals surface area contributed by atoms with E-state index in [-0.39, 0.29) is 0 Å². The van der Waals surface area contributed by atoms with Gasteiger partial charge in [-0.15, -0.1) is 11.3 Å². The Bertz CT molecular complexity index is 1050. The first-order valence-electron chi connectivity index (χ1n) is 8.51. The van der Waals surface area contributed by atoms with Gasteiger partial charge < -0.3 is 5.32 Å². The van der Waals surface area contributed by atoms with Crippen molar-refractivity contribution in [2.75, 3.05) is 5.32 Å². The van der Waals surface area contributed by atoms with Gasteiger partial charge >= 0.3 is 0 Å². The lowest BCUT2D eigenvalue weighted by molar-refractivity contribution is 1.19. The van der Waals surface area contributed by atoms with E-state index in [2.05, 4.69) is 93.6 Å². The highest BCUT2D eigenvalue weighted by molar-refractivity contribution is 9.10. The Morgan fingerprint density at radius 1 is 1.00 bits per heavy atom. The number of thiophene rings is 1. The van der Waals surface area contributed by atoms with Gasteiger partial charge in [-0.3, -0.25) is 0 Å². The van der Waals surface area contributed by atoms with Gasteiger partial charge in [-0.05, 0) is 43.2 Å². The summed E-state index contributed by atoms with van der Waals surface area (Å²) in [5.41, 5.74) is 4.69. The van der Waals surface area contributed by atoms with Gasteiger partial charge in [0.1, 0.15) is 17.0 Å². The van der Waals surface area contributed by atoms with Crippen LogP contribution in [0.25, 0.3) is 21.3 Å². The quantitative estimate of drug-likeness (QED) is 0.395. The lowest BCUT2D eigenvalue weighted by atomic mass is 10.0. The van der Waals surface area contributed by atoms with Gasteiger partial charge in [0.2, 0.25) is 0 Å². The van der Waals surface area contributed by atoms with E-state index >= 15 is 0 Å². The molecule has 2 heterocycles. The highest BCUT2D eigenvalue weighted by Gasteiger charge is 2.18. The summed E-state index contributed by atoms with van der Waals surface area (Å²) >= 11 is 5.27. The average molecular weight is 424 g/mol. The SMILES string of the molecule is CCc1sc2ncnc(Nc3ccc(C)cc3)c2c1-c1ccc(Br)cc1. The molecule has 26 heavy (non-hydrogen) atoms. The van der Waals surface area contributed by atoms with Crippen LogP contribution in [0.4, 0.5) is 11.5 Å². The molecule has 0 amide bonds. The van der Waals surface area contributed by atoms with Crippen molar-refractivity contribution in [2.24, 2.45) is 0 Å². The fourth-order valence-electron chi connectivity index (χ4n) is 3.02. The number of rotatable bonds is 4. The number of aryl methyl sites for hydroxylation is 2. The standard InChI is InChI=1S/C21H18BrN3S/c1-3-17-18(14-6-8-15(22)9-7-14)19-20(23-12-24-21(19)26-17)25-16-10-4-13(2)5-11-16/h4-12H,3H2,1-2H3,(H,23,24,25). The van der Waals surface area contributed by atoms with Crippen molar-refractivity contribution in [3.8, 4) is 11.1 Å². The van der Waals surface area contributed by atoms with Gasteiger partial charge in [-0.25, -0.2) is 9.97 Å². The van der Waals surface area contributed by atoms with Crippen LogP contribution in [0.3, 0.4) is 0 Å². The number of halogens is 1. The summed E-state index contributed by atoms with van der Waals surface area (Å²) in [6.45, 7) is 4.28. The molecule has 0 spiro atoms. The second-order valence-corrected chi connectivity index (χ2v) is 8.15. The normalized spacial score (nSPS) is 11.0. The van der Waals surface area contributed by atoms with Crippen molar-refractivity contribution < 1.29 is 0 Å². The maximum atomic E-state index is 4.55. The topological polar surface area (TPSA) is 37.8 Å². The van der Waals surface area contributed by atoms with Crippen LogP contribution < -0.4 is 5.32 Å². The van der Waals surface area contributed by atoms with Gasteiger partial charge in [0, 0.05) is 20.6 Å². The van der Waals surface area contributed by atoms with Crippen LogP contribution in [0.1, 0.15) is 17.4 Å². The molecule has 2 aromatic heterocycles. The summed E-state index contributed by atoms with van der Waals surface area (Å²) < 4.78 is 1.08. The second-order valence-electron chi connectivity index (χ2n) is 6.15. The van der Waals surface area contributed by atoms with Crippen LogP contribution in [0.15, 0.2) is 59.3 Å². The minimum Gasteiger partial charge on any atom is -0.340 e. The molecule has 5 heteroatoms. The van der Waals surface area contributed by atoms with E-state index in [0.29, 0.717) is 0 Å². The Hall–Kier alpha value is -2.24. The number of nitrogens with one attached hydrogen (secondary N) is 1. The van der Waals surface area contributed by atoms with Crippen LogP contribution in [-0.4, -0.2) is 9.97 Å². The van der Waals surface area contributed by atoms with Crippen molar-refractivity contribution >= 4 is 49.0 Å². The number of hydrogen-bond acceptors (Lipinski definition) is 4. The van der Waals surface area contributed by atoms with E-state index in [9.17, 15) is 0 Å². The molecule has 0 unspecified atom stereocenters. The molecule has 4 aromatic rings. The number of anilines is 2. The Labute approximate surface area is 165 Å². The molecule has 1 N–H and O–H groups in total. The second kappa shape index (κ2) is 7.17. The van der Waals surface area contributed by atoms with Crippen LogP contribution in [0, 0.1) is 6.92 Å². The fourth-order valence-corrected chi connectivity index (χ4v) is 4.38. The third-order valence-electron chi connectivity index (χ3n) is 4.33. The number of hydrogen-bond donors (Lipinski definition) is 1. The summed E-state index contributed by atoms with van der Waals surface area (Å²) in [6, 6.07) is 16.8. The molecule has 0 atom stereocenters. The van der Waals surface area contributed by atoms with Gasteiger partial charge in [0.05, 0.1) is 5.39 Å². The Kier molecular flexibility index (Phi) is 4.74. The third kappa shape index (κ3) is 3.24. The minimum atomic E-state index is 0.854. The van der Waals surface area contributed by atoms with Gasteiger partial charge in [-0.2, -0.15) is 0 Å². The zero-order valence-corrected chi connectivity index (χ0v) is 17.0. The van der Waals surface area contributed by atoms with Crippen molar-refractivity contribution in [1.29, 1.82) is 0 Å². The van der Waals surface area contributed by atoms with E-state index in [1.165, 1.54) is 21.6 Å². The summed E-state index contributed by atoms with van der Waals surface area (Å²) in [4.78, 5) is 11.4. The number of nitrogens with zero attached hydrogens (tertiary/aromatic N) is 2. The van der Waals surface area contributed by atoms with E-state index in [0.717, 1.165) is 32.6 Å². The van der Waals surface area contributed by atoms with Gasteiger partial charge in [-0.1, -0.05) is 52.7 Å². The van der Waals surface area contributed by atoms with Crippen LogP contribution >= 0.6 is 27.3 Å². The van der Waals surface area contributed by atoms with Gasteiger partial charge in [0.25, 0.3) is 0 Å². The maximum absolute atomic E-state index is 4.55. The predicted molar refractivity (Wildman–Crippen MR) is 114 cm³/mol. The van der Waals surface area contributed by atoms with E-state index < -0.39 is 0 Å². The zero-order chi connectivity index (χ0) is 18.1. The molecule has 0 aliphatic carbocycles. The van der Waals surface area contributed by atoms with Crippen LogP contribution in [0.5, 0.6) is 0 Å². The molecule has 0 aliphatic rings. The monoisotopic (exact) mass is 423 g/mol. The summed E-state index contributed by atoms with van der Waals surface area (Å²) in [5.74, 6) is 0.854. The summed E-state index contributed by atoms with van der Waals surface area (Å²) in [5, 5.41) is 4.57. The molecule has 4 rings (SSSR count). The maximum Gasteiger partial charge on any atom is 0.143 e. The molecule has 130 valence electrons. The van der Waals surface area contributed by atoms with Crippen LogP contribution in [-0.2, 0) is 6.42 Å². The number of aromatic nitrogens is 2. The Balaban J connectivity index is 1.89. The first kappa shape index (κ1) is 17.2. The van der Waals surface area contributed by atoms with Crippen LogP contribution in [0.2, 0.25) is 0 Å². The molecule has 0 aliphatic heterocycles. The lowest BCUT2D eigenvalue weighted by Crippen LogP contribution is -1.96. The highest BCUT2D eigenvalue weighted by Crippen LogP contribution is 2.41. The predicted octanol–water partition coefficient (Wildman–Crippen LogP) is 6.74. The molecule has 0 saturated carbocycles. The molecule has 0 radical (unpaired) electrons. The first-order chi connectivity index (χ1) is 12.7. The summed E-state index contributed by atoms with van der Waals surface area (Å²) in [6.07, 6.45) is 2.61. The average Bonchev–Trinajstić information content (AvgIpc) is 3.04. The van der Waals surface area contributed by atoms with Gasteiger partial charge in [0.15, 0.2) is 0 Å². The number of benzene rings is 2. The van der Waals surface area contributed by atoms with E-state index in [1.54, 1.807) is 17.7 Å². The van der Waals surface area contributed by atoms with E-state index in [1.807, 2.05) is 0 Å². The highest BCUT2D eigenvalue weighted by atomic mass is 79.9. The van der Waals surface area contributed by atoms with Crippen molar-refractivity contribution in [1.82, 2.24) is 9.97 Å². The number of fused-ring (bicyclic) bond motifs is 1. The van der Waals surface area contributed by atoms with Crippen molar-refractivity contribution in [3.05, 3.63) is 69.8 Å². The molecular formula is C21H18BrN3S. The molecule has 0 saturated heterocycles. The fraction of sp³-hybridized carbons (Fsp3) is 0.143. The molecule has 0 fully saturated rings. The zero-order valence-electron chi connectivity index (χ0n) is 14.6. The largest absolute Gasteiger partial charge is 0.340 e. The van der Waals surface area contributed by atoms with E-state index in [4.69, 9.17) is 0 Å². The molecule has 3 nitrogen and oxygen atoms in total. The molecule has 2 aromatic carbocycles. The third-order valence-corrected chi connectivity index (χ3v) is 6.10. The Morgan fingerprint density at radius 2 is 1.73 bits per heavy atom. The lowest BCUT2D eigenvalue weighted by Gasteiger charge is -2.10. The minimum absolute atomic E-state index is 0.854. The smallest absolute Gasteiger partial charge is 0.143 e. The molecular weight excluding hydrogens is 406 g/mol. The van der Waals surface area contributed by atoms with Crippen molar-refractivity contribution in [3.63, 3.8) is 0 Å². The van der Waals surface area contributed by atoms with Crippen molar-refractivity contribution in [2.45, 2.75) is 20.3 Å². The Morgan fingerprint density at radius 3 is 2.42 bits per heavy atom.